The van der Waals surface area contributed by atoms with Crippen LogP contribution in [0.2, 0.25) is 0 Å². The Morgan fingerprint density at radius 2 is 1.90 bits per heavy atom. The van der Waals surface area contributed by atoms with Gasteiger partial charge in [0.15, 0.2) is 0 Å². The van der Waals surface area contributed by atoms with Crippen LogP contribution in [-0.4, -0.2) is 11.2 Å². The van der Waals surface area contributed by atoms with Gasteiger partial charge in [-0.15, -0.1) is 6.58 Å². The van der Waals surface area contributed by atoms with Gasteiger partial charge in [-0.3, -0.25) is 0 Å². The molecule has 0 aromatic rings. The highest BCUT2D eigenvalue weighted by Gasteiger charge is 2.15. The van der Waals surface area contributed by atoms with Crippen LogP contribution in [-0.2, 0) is 0 Å². The summed E-state index contributed by atoms with van der Waals surface area (Å²) in [4.78, 5) is 0. The van der Waals surface area contributed by atoms with Crippen molar-refractivity contribution >= 4 is 0 Å². The summed E-state index contributed by atoms with van der Waals surface area (Å²) >= 11 is 0. The zero-order valence-corrected chi connectivity index (χ0v) is 7.17. The van der Waals surface area contributed by atoms with Crippen LogP contribution >= 0.6 is 0 Å². The third kappa shape index (κ3) is 3.02. The van der Waals surface area contributed by atoms with Crippen molar-refractivity contribution in [3.8, 4) is 0 Å². The van der Waals surface area contributed by atoms with Crippen LogP contribution in [0.15, 0.2) is 12.7 Å². The number of aliphatic hydroxyl groups is 1. The summed E-state index contributed by atoms with van der Waals surface area (Å²) in [6.45, 7) is 9.89. The third-order valence-electron chi connectivity index (χ3n) is 2.07. The zero-order chi connectivity index (χ0) is 8.15. The fraction of sp³-hybridized carbons (Fsp3) is 0.778. The minimum absolute atomic E-state index is 0.211. The van der Waals surface area contributed by atoms with Gasteiger partial charge in [-0.1, -0.05) is 26.8 Å². The minimum atomic E-state index is -0.211. The van der Waals surface area contributed by atoms with Gasteiger partial charge in [-0.25, -0.2) is 0 Å². The van der Waals surface area contributed by atoms with E-state index in [2.05, 4.69) is 27.4 Å². The average Bonchev–Trinajstić information content (AvgIpc) is 1.87. The fourth-order valence-corrected chi connectivity index (χ4v) is 0.830. The highest BCUT2D eigenvalue weighted by Crippen LogP contribution is 2.16. The molecule has 0 spiro atoms. The second-order valence-electron chi connectivity index (χ2n) is 3.19. The maximum absolute atomic E-state index is 9.42. The van der Waals surface area contributed by atoms with Gasteiger partial charge in [0.05, 0.1) is 6.10 Å². The van der Waals surface area contributed by atoms with E-state index in [1.54, 1.807) is 6.08 Å². The average molecular weight is 142 g/mol. The standard InChI is InChI=1S/C9H18O/c1-5-6-9(10)8(4)7(2)3/h5,7-10H,1,6H2,2-4H3. The smallest absolute Gasteiger partial charge is 0.0602 e. The fourth-order valence-electron chi connectivity index (χ4n) is 0.830. The van der Waals surface area contributed by atoms with Gasteiger partial charge in [0.1, 0.15) is 0 Å². The van der Waals surface area contributed by atoms with Crippen LogP contribution in [0.4, 0.5) is 0 Å². The van der Waals surface area contributed by atoms with Gasteiger partial charge in [0.2, 0.25) is 0 Å². The highest BCUT2D eigenvalue weighted by atomic mass is 16.3. The predicted molar refractivity (Wildman–Crippen MR) is 44.8 cm³/mol. The van der Waals surface area contributed by atoms with Crippen LogP contribution < -0.4 is 0 Å². The number of hydrogen-bond donors (Lipinski definition) is 1. The van der Waals surface area contributed by atoms with Gasteiger partial charge in [-0.05, 0) is 18.3 Å². The molecule has 0 saturated carbocycles. The lowest BCUT2D eigenvalue weighted by Crippen LogP contribution is -2.21. The minimum Gasteiger partial charge on any atom is -0.393 e. The van der Waals surface area contributed by atoms with E-state index in [1.807, 2.05) is 0 Å². The molecule has 0 fully saturated rings. The molecule has 0 aromatic carbocycles. The molecule has 10 heavy (non-hydrogen) atoms. The van der Waals surface area contributed by atoms with Crippen molar-refractivity contribution in [1.29, 1.82) is 0 Å². The molecule has 0 bridgehead atoms. The first kappa shape index (κ1) is 9.70. The zero-order valence-electron chi connectivity index (χ0n) is 7.17. The molecule has 1 nitrogen and oxygen atoms in total. The van der Waals surface area contributed by atoms with Crippen LogP contribution in [0.25, 0.3) is 0 Å². The predicted octanol–water partition coefficient (Wildman–Crippen LogP) is 2.22. The van der Waals surface area contributed by atoms with E-state index >= 15 is 0 Å². The van der Waals surface area contributed by atoms with Crippen molar-refractivity contribution in [2.75, 3.05) is 0 Å². The Bertz CT molecular complexity index is 96.9. The normalized spacial score (nSPS) is 16.9. The molecule has 2 unspecified atom stereocenters. The Kier molecular flexibility index (Phi) is 4.37. The Morgan fingerprint density at radius 3 is 2.20 bits per heavy atom. The van der Waals surface area contributed by atoms with Crippen molar-refractivity contribution in [3.63, 3.8) is 0 Å². The second-order valence-corrected chi connectivity index (χ2v) is 3.19. The van der Waals surface area contributed by atoms with E-state index in [9.17, 15) is 5.11 Å². The molecule has 0 rings (SSSR count). The monoisotopic (exact) mass is 142 g/mol. The van der Waals surface area contributed by atoms with Crippen LogP contribution in [0.3, 0.4) is 0 Å². The summed E-state index contributed by atoms with van der Waals surface area (Å²) in [7, 11) is 0. The van der Waals surface area contributed by atoms with E-state index < -0.39 is 0 Å². The summed E-state index contributed by atoms with van der Waals surface area (Å²) in [5.41, 5.74) is 0. The maximum Gasteiger partial charge on any atom is 0.0602 e. The topological polar surface area (TPSA) is 20.2 Å². The molecule has 0 aliphatic heterocycles. The third-order valence-corrected chi connectivity index (χ3v) is 2.07. The maximum atomic E-state index is 9.42. The molecule has 0 saturated heterocycles. The molecule has 1 N–H and O–H groups in total. The lowest BCUT2D eigenvalue weighted by atomic mass is 9.91. The first-order valence-corrected chi connectivity index (χ1v) is 3.88. The molecule has 60 valence electrons. The molecule has 2 atom stereocenters. The van der Waals surface area contributed by atoms with E-state index in [1.165, 1.54) is 0 Å². The van der Waals surface area contributed by atoms with Crippen LogP contribution in [0, 0.1) is 11.8 Å². The summed E-state index contributed by atoms with van der Waals surface area (Å²) in [6.07, 6.45) is 2.26. The van der Waals surface area contributed by atoms with Gasteiger partial charge in [0.25, 0.3) is 0 Å². The molecule has 0 radical (unpaired) electrons. The Morgan fingerprint density at radius 1 is 1.40 bits per heavy atom. The summed E-state index contributed by atoms with van der Waals surface area (Å²) < 4.78 is 0. The number of rotatable bonds is 4. The van der Waals surface area contributed by atoms with Gasteiger partial charge in [0, 0.05) is 0 Å². The van der Waals surface area contributed by atoms with Crippen LogP contribution in [0.5, 0.6) is 0 Å². The lowest BCUT2D eigenvalue weighted by Gasteiger charge is -2.20. The second kappa shape index (κ2) is 4.51. The Balaban J connectivity index is 3.68. The largest absolute Gasteiger partial charge is 0.393 e. The van der Waals surface area contributed by atoms with Crippen molar-refractivity contribution in [2.45, 2.75) is 33.3 Å². The molecular formula is C9H18O. The van der Waals surface area contributed by atoms with Gasteiger partial charge < -0.3 is 5.11 Å². The molecule has 0 aliphatic carbocycles. The SMILES string of the molecule is C=CCC(O)C(C)C(C)C. The van der Waals surface area contributed by atoms with Gasteiger partial charge in [-0.2, -0.15) is 0 Å². The quantitative estimate of drug-likeness (QED) is 0.597. The highest BCUT2D eigenvalue weighted by molar-refractivity contribution is 4.76. The first-order valence-electron chi connectivity index (χ1n) is 3.88. The Hall–Kier alpha value is -0.300. The number of hydrogen-bond acceptors (Lipinski definition) is 1. The van der Waals surface area contributed by atoms with E-state index in [0.717, 1.165) is 0 Å². The first-order chi connectivity index (χ1) is 4.59. The lowest BCUT2D eigenvalue weighted by molar-refractivity contribution is 0.0946. The molecular weight excluding hydrogens is 124 g/mol. The van der Waals surface area contributed by atoms with Crippen molar-refractivity contribution in [3.05, 3.63) is 12.7 Å². The molecule has 0 aromatic heterocycles. The molecule has 0 amide bonds. The van der Waals surface area contributed by atoms with E-state index in [4.69, 9.17) is 0 Å². The van der Waals surface area contributed by atoms with Gasteiger partial charge >= 0.3 is 0 Å². The van der Waals surface area contributed by atoms with E-state index in [-0.39, 0.29) is 6.10 Å². The number of aliphatic hydroxyl groups excluding tert-OH is 1. The summed E-state index contributed by atoms with van der Waals surface area (Å²) in [6, 6.07) is 0. The Labute approximate surface area is 63.8 Å². The van der Waals surface area contributed by atoms with E-state index in [0.29, 0.717) is 18.3 Å². The molecule has 0 aliphatic rings. The molecule has 0 heterocycles. The van der Waals surface area contributed by atoms with Crippen molar-refractivity contribution in [2.24, 2.45) is 11.8 Å². The van der Waals surface area contributed by atoms with Crippen molar-refractivity contribution in [1.82, 2.24) is 0 Å². The van der Waals surface area contributed by atoms with Crippen LogP contribution in [0.1, 0.15) is 27.2 Å². The summed E-state index contributed by atoms with van der Waals surface area (Å²) in [5.74, 6) is 0.924. The van der Waals surface area contributed by atoms with Crippen molar-refractivity contribution < 1.29 is 5.11 Å². The summed E-state index contributed by atoms with van der Waals surface area (Å²) in [5, 5.41) is 9.42. The molecule has 1 heteroatoms.